The fourth-order valence-electron chi connectivity index (χ4n) is 5.47. The molecule has 4 atom stereocenters. The van der Waals surface area contributed by atoms with Crippen LogP contribution in [0.3, 0.4) is 0 Å². The standard InChI is InChI=1S/C23H32N6O2S/c30-32(31,22-5-2-1-3-6-22)26-16-21-15-19-7-10-29(21)18-20(19)17-27-11-13-28(14-12-27)23-24-8-4-9-25-23/h1-6,8-9,19-21,26H,7,10-18H2/t19-,20+,21+/m1/s1. The lowest BCUT2D eigenvalue weighted by Crippen LogP contribution is -2.59. The highest BCUT2D eigenvalue weighted by Gasteiger charge is 2.41. The van der Waals surface area contributed by atoms with Crippen molar-refractivity contribution in [2.75, 3.05) is 57.3 Å². The minimum absolute atomic E-state index is 0.301. The van der Waals surface area contributed by atoms with Crippen LogP contribution in [0.5, 0.6) is 0 Å². The molecule has 1 unspecified atom stereocenters. The van der Waals surface area contributed by atoms with Crippen molar-refractivity contribution in [2.45, 2.75) is 23.8 Å². The van der Waals surface area contributed by atoms with Gasteiger partial charge in [-0.3, -0.25) is 9.80 Å². The highest BCUT2D eigenvalue weighted by molar-refractivity contribution is 7.89. The SMILES string of the molecule is O=S(=O)(NC[C@@H]1C[C@H]2CCN1C[C@@H]2CN1CCN(c2ncccn2)CC1)c1ccccc1. The maximum Gasteiger partial charge on any atom is 0.240 e. The van der Waals surface area contributed by atoms with Gasteiger partial charge in [-0.25, -0.2) is 23.1 Å². The number of aromatic nitrogens is 2. The van der Waals surface area contributed by atoms with E-state index in [1.165, 1.54) is 6.42 Å². The van der Waals surface area contributed by atoms with Gasteiger partial charge in [-0.2, -0.15) is 0 Å². The zero-order valence-electron chi connectivity index (χ0n) is 18.4. The third kappa shape index (κ3) is 4.80. The molecular weight excluding hydrogens is 424 g/mol. The van der Waals surface area contributed by atoms with E-state index in [1.54, 1.807) is 36.7 Å². The van der Waals surface area contributed by atoms with Gasteiger partial charge in [-0.1, -0.05) is 18.2 Å². The molecule has 4 aliphatic heterocycles. The summed E-state index contributed by atoms with van der Waals surface area (Å²) < 4.78 is 28.0. The van der Waals surface area contributed by atoms with Gasteiger partial charge >= 0.3 is 0 Å². The van der Waals surface area contributed by atoms with Crippen LogP contribution in [0, 0.1) is 11.8 Å². The molecule has 0 spiro atoms. The van der Waals surface area contributed by atoms with Gasteiger partial charge in [0.05, 0.1) is 4.90 Å². The molecule has 1 aromatic carbocycles. The molecule has 2 aromatic rings. The number of sulfonamides is 1. The first kappa shape index (κ1) is 21.8. The van der Waals surface area contributed by atoms with E-state index < -0.39 is 10.0 Å². The largest absolute Gasteiger partial charge is 0.338 e. The number of piperazine rings is 1. The van der Waals surface area contributed by atoms with Gasteiger partial charge in [0.25, 0.3) is 0 Å². The molecular formula is C23H32N6O2S. The molecule has 1 N–H and O–H groups in total. The van der Waals surface area contributed by atoms with Crippen LogP contribution < -0.4 is 9.62 Å². The molecule has 8 nitrogen and oxygen atoms in total. The molecule has 1 aromatic heterocycles. The first-order valence-electron chi connectivity index (χ1n) is 11.6. The Morgan fingerprint density at radius 2 is 1.72 bits per heavy atom. The van der Waals surface area contributed by atoms with E-state index in [0.29, 0.717) is 29.3 Å². The average molecular weight is 457 g/mol. The molecule has 172 valence electrons. The van der Waals surface area contributed by atoms with Gasteiger partial charge in [0.1, 0.15) is 0 Å². The number of benzene rings is 1. The Balaban J connectivity index is 1.11. The monoisotopic (exact) mass is 456 g/mol. The lowest BCUT2D eigenvalue weighted by molar-refractivity contribution is -0.0108. The molecule has 0 saturated carbocycles. The van der Waals surface area contributed by atoms with E-state index in [9.17, 15) is 8.42 Å². The summed E-state index contributed by atoms with van der Waals surface area (Å²) in [6.45, 7) is 7.80. The smallest absolute Gasteiger partial charge is 0.240 e. The third-order valence-electron chi connectivity index (χ3n) is 7.28. The Bertz CT molecular complexity index is 982. The van der Waals surface area contributed by atoms with Crippen molar-refractivity contribution in [3.63, 3.8) is 0 Å². The summed E-state index contributed by atoms with van der Waals surface area (Å²) in [7, 11) is -3.44. The Labute approximate surface area is 190 Å². The number of hydrogen-bond donors (Lipinski definition) is 1. The maximum absolute atomic E-state index is 12.6. The number of nitrogens with one attached hydrogen (secondary N) is 1. The fourth-order valence-corrected chi connectivity index (χ4v) is 6.57. The number of nitrogens with zero attached hydrogens (tertiary/aromatic N) is 5. The van der Waals surface area contributed by atoms with E-state index in [-0.39, 0.29) is 0 Å². The van der Waals surface area contributed by atoms with E-state index >= 15 is 0 Å². The summed E-state index contributed by atoms with van der Waals surface area (Å²) in [6.07, 6.45) is 5.92. The summed E-state index contributed by atoms with van der Waals surface area (Å²) in [5.74, 6) is 2.18. The lowest BCUT2D eigenvalue weighted by atomic mass is 9.75. The highest BCUT2D eigenvalue weighted by atomic mass is 32.2. The molecule has 0 amide bonds. The van der Waals surface area contributed by atoms with Gasteiger partial charge in [0, 0.05) is 64.2 Å². The van der Waals surface area contributed by atoms with E-state index in [0.717, 1.165) is 58.2 Å². The van der Waals surface area contributed by atoms with Crippen molar-refractivity contribution in [2.24, 2.45) is 11.8 Å². The van der Waals surface area contributed by atoms with Crippen molar-refractivity contribution in [1.82, 2.24) is 24.5 Å². The van der Waals surface area contributed by atoms with Crippen molar-refractivity contribution in [1.29, 1.82) is 0 Å². The first-order chi connectivity index (χ1) is 15.6. The molecule has 4 saturated heterocycles. The first-order valence-corrected chi connectivity index (χ1v) is 13.1. The predicted molar refractivity (Wildman–Crippen MR) is 124 cm³/mol. The van der Waals surface area contributed by atoms with Crippen molar-refractivity contribution >= 4 is 16.0 Å². The van der Waals surface area contributed by atoms with Gasteiger partial charge in [-0.15, -0.1) is 0 Å². The molecule has 5 heterocycles. The highest BCUT2D eigenvalue weighted by Crippen LogP contribution is 2.36. The van der Waals surface area contributed by atoms with Crippen molar-refractivity contribution < 1.29 is 8.42 Å². The molecule has 0 aliphatic carbocycles. The summed E-state index contributed by atoms with van der Waals surface area (Å²) in [6, 6.07) is 10.8. The summed E-state index contributed by atoms with van der Waals surface area (Å²) in [5, 5.41) is 0. The summed E-state index contributed by atoms with van der Waals surface area (Å²) >= 11 is 0. The molecule has 32 heavy (non-hydrogen) atoms. The van der Waals surface area contributed by atoms with E-state index in [4.69, 9.17) is 0 Å². The Morgan fingerprint density at radius 1 is 0.969 bits per heavy atom. The van der Waals surface area contributed by atoms with Crippen LogP contribution in [0.15, 0.2) is 53.7 Å². The van der Waals surface area contributed by atoms with Crippen LogP contribution in [0.1, 0.15) is 12.8 Å². The Hall–Kier alpha value is -2.07. The van der Waals surface area contributed by atoms with Gasteiger partial charge < -0.3 is 4.90 Å². The minimum Gasteiger partial charge on any atom is -0.338 e. The number of hydrogen-bond acceptors (Lipinski definition) is 7. The quantitative estimate of drug-likeness (QED) is 0.672. The van der Waals surface area contributed by atoms with Crippen molar-refractivity contribution in [3.05, 3.63) is 48.8 Å². The molecule has 0 radical (unpaired) electrons. The van der Waals surface area contributed by atoms with Gasteiger partial charge in [-0.05, 0) is 49.4 Å². The van der Waals surface area contributed by atoms with Gasteiger partial charge in [0.2, 0.25) is 16.0 Å². The van der Waals surface area contributed by atoms with Crippen LogP contribution in [0.25, 0.3) is 0 Å². The Morgan fingerprint density at radius 3 is 2.41 bits per heavy atom. The number of rotatable bonds is 7. The van der Waals surface area contributed by atoms with E-state index in [1.807, 2.05) is 12.1 Å². The second-order valence-corrected chi connectivity index (χ2v) is 11.0. The van der Waals surface area contributed by atoms with E-state index in [2.05, 4.69) is 29.4 Å². The summed E-state index contributed by atoms with van der Waals surface area (Å²) in [4.78, 5) is 16.5. The van der Waals surface area contributed by atoms with Crippen molar-refractivity contribution in [3.8, 4) is 0 Å². The number of fused-ring (bicyclic) bond motifs is 3. The second kappa shape index (κ2) is 9.43. The molecule has 6 rings (SSSR count). The average Bonchev–Trinajstić information content (AvgIpc) is 2.85. The maximum atomic E-state index is 12.6. The fraction of sp³-hybridized carbons (Fsp3) is 0.565. The third-order valence-corrected chi connectivity index (χ3v) is 8.72. The molecule has 4 fully saturated rings. The Kier molecular flexibility index (Phi) is 6.41. The molecule has 4 aliphatic rings. The second-order valence-electron chi connectivity index (χ2n) is 9.19. The van der Waals surface area contributed by atoms with Crippen LogP contribution in [-0.2, 0) is 10.0 Å². The van der Waals surface area contributed by atoms with Crippen LogP contribution >= 0.6 is 0 Å². The minimum atomic E-state index is -3.44. The van der Waals surface area contributed by atoms with Gasteiger partial charge in [0.15, 0.2) is 0 Å². The number of piperidine rings is 3. The van der Waals surface area contributed by atoms with Crippen LogP contribution in [0.2, 0.25) is 0 Å². The zero-order valence-corrected chi connectivity index (χ0v) is 19.2. The van der Waals surface area contributed by atoms with Crippen LogP contribution in [-0.4, -0.2) is 86.6 Å². The topological polar surface area (TPSA) is 81.7 Å². The molecule has 2 bridgehead atoms. The predicted octanol–water partition coefficient (Wildman–Crippen LogP) is 1.29. The number of anilines is 1. The summed E-state index contributed by atoms with van der Waals surface area (Å²) in [5.41, 5.74) is 0. The lowest BCUT2D eigenvalue weighted by Gasteiger charge is -2.51. The molecule has 9 heteroatoms. The van der Waals surface area contributed by atoms with Crippen LogP contribution in [0.4, 0.5) is 5.95 Å². The zero-order chi connectivity index (χ0) is 22.0. The normalized spacial score (nSPS) is 28.7.